The van der Waals surface area contributed by atoms with E-state index >= 15 is 0 Å². The highest BCUT2D eigenvalue weighted by Crippen LogP contribution is 2.28. The van der Waals surface area contributed by atoms with Crippen molar-refractivity contribution in [3.8, 4) is 5.88 Å². The third kappa shape index (κ3) is 2.43. The lowest BCUT2D eigenvalue weighted by Crippen LogP contribution is -1.95. The van der Waals surface area contributed by atoms with E-state index in [4.69, 9.17) is 10.5 Å². The van der Waals surface area contributed by atoms with Gasteiger partial charge in [-0.15, -0.1) is 0 Å². The average molecular weight is 233 g/mol. The molecule has 0 aromatic carbocycles. The van der Waals surface area contributed by atoms with Crippen LogP contribution in [-0.2, 0) is 0 Å². The van der Waals surface area contributed by atoms with Crippen LogP contribution in [0.25, 0.3) is 0 Å². The molecule has 0 unspecified atom stereocenters. The number of aromatic nitrogens is 2. The highest BCUT2D eigenvalue weighted by molar-refractivity contribution is 7.99. The normalized spacial score (nSPS) is 10.1. The summed E-state index contributed by atoms with van der Waals surface area (Å²) in [5, 5.41) is 1.70. The minimum atomic E-state index is 0.445. The Hall–Kier alpha value is -1.75. The van der Waals surface area contributed by atoms with Gasteiger partial charge in [-0.25, -0.2) is 9.97 Å². The summed E-state index contributed by atoms with van der Waals surface area (Å²) < 4.78 is 5.05. The lowest BCUT2D eigenvalue weighted by Gasteiger charge is -2.05. The molecule has 0 amide bonds. The van der Waals surface area contributed by atoms with Crippen molar-refractivity contribution in [3.63, 3.8) is 0 Å². The van der Waals surface area contributed by atoms with Gasteiger partial charge in [0.1, 0.15) is 10.1 Å². The summed E-state index contributed by atoms with van der Waals surface area (Å²) in [4.78, 5) is 8.46. The maximum absolute atomic E-state index is 5.68. The van der Waals surface area contributed by atoms with E-state index in [2.05, 4.69) is 9.97 Å². The SMILES string of the molecule is COc1nc(Sc2ccccn2)ccc1N. The molecule has 2 heterocycles. The molecule has 0 bridgehead atoms. The number of pyridine rings is 2. The van der Waals surface area contributed by atoms with Crippen molar-refractivity contribution in [2.75, 3.05) is 12.8 Å². The van der Waals surface area contributed by atoms with Crippen LogP contribution in [0.1, 0.15) is 0 Å². The van der Waals surface area contributed by atoms with Crippen LogP contribution in [0, 0.1) is 0 Å². The van der Waals surface area contributed by atoms with Crippen molar-refractivity contribution in [1.29, 1.82) is 0 Å². The van der Waals surface area contributed by atoms with E-state index < -0.39 is 0 Å². The van der Waals surface area contributed by atoms with Gasteiger partial charge in [0, 0.05) is 6.20 Å². The number of methoxy groups -OCH3 is 1. The van der Waals surface area contributed by atoms with Gasteiger partial charge in [0.2, 0.25) is 5.88 Å². The van der Waals surface area contributed by atoms with Gasteiger partial charge in [-0.2, -0.15) is 0 Å². The first kappa shape index (κ1) is 10.8. The lowest BCUT2D eigenvalue weighted by molar-refractivity contribution is 0.397. The predicted molar refractivity (Wildman–Crippen MR) is 63.6 cm³/mol. The molecule has 16 heavy (non-hydrogen) atoms. The minimum Gasteiger partial charge on any atom is -0.480 e. The van der Waals surface area contributed by atoms with E-state index in [1.54, 1.807) is 19.4 Å². The Morgan fingerprint density at radius 1 is 1.19 bits per heavy atom. The van der Waals surface area contributed by atoms with Crippen LogP contribution in [0.5, 0.6) is 5.88 Å². The fourth-order valence-electron chi connectivity index (χ4n) is 1.17. The number of ether oxygens (including phenoxy) is 1. The first-order valence-electron chi connectivity index (χ1n) is 4.69. The van der Waals surface area contributed by atoms with E-state index in [0.717, 1.165) is 10.1 Å². The number of hydrogen-bond acceptors (Lipinski definition) is 5. The molecule has 5 heteroatoms. The molecule has 2 aromatic heterocycles. The van der Waals surface area contributed by atoms with Crippen molar-refractivity contribution in [3.05, 3.63) is 36.5 Å². The molecule has 2 N–H and O–H groups in total. The van der Waals surface area contributed by atoms with Crippen LogP contribution in [0.3, 0.4) is 0 Å². The van der Waals surface area contributed by atoms with Crippen molar-refractivity contribution in [2.24, 2.45) is 0 Å². The Morgan fingerprint density at radius 2 is 2.06 bits per heavy atom. The summed E-state index contributed by atoms with van der Waals surface area (Å²) in [6, 6.07) is 9.36. The molecule has 2 rings (SSSR count). The molecule has 0 atom stereocenters. The lowest BCUT2D eigenvalue weighted by atomic mass is 10.4. The fraction of sp³-hybridized carbons (Fsp3) is 0.0909. The summed E-state index contributed by atoms with van der Waals surface area (Å²) in [5.74, 6) is 0.445. The maximum atomic E-state index is 5.68. The Morgan fingerprint density at radius 3 is 2.75 bits per heavy atom. The average Bonchev–Trinajstić information content (AvgIpc) is 2.33. The standard InChI is InChI=1S/C11H11N3OS/c1-15-11-8(12)5-6-10(14-11)16-9-4-2-3-7-13-9/h2-7H,12H2,1H3. The summed E-state index contributed by atoms with van der Waals surface area (Å²) >= 11 is 1.47. The Kier molecular flexibility index (Phi) is 3.26. The highest BCUT2D eigenvalue weighted by atomic mass is 32.2. The summed E-state index contributed by atoms with van der Waals surface area (Å²) in [7, 11) is 1.55. The Bertz CT molecular complexity index is 476. The van der Waals surface area contributed by atoms with Gasteiger partial charge in [0.05, 0.1) is 12.8 Å². The second-order valence-electron chi connectivity index (χ2n) is 3.02. The van der Waals surface area contributed by atoms with E-state index in [0.29, 0.717) is 11.6 Å². The molecule has 4 nitrogen and oxygen atoms in total. The zero-order chi connectivity index (χ0) is 11.4. The minimum absolute atomic E-state index is 0.445. The molecule has 82 valence electrons. The fourth-order valence-corrected chi connectivity index (χ4v) is 1.91. The first-order valence-corrected chi connectivity index (χ1v) is 5.50. The number of hydrogen-bond donors (Lipinski definition) is 1. The Labute approximate surface area is 97.9 Å². The van der Waals surface area contributed by atoms with E-state index in [9.17, 15) is 0 Å². The van der Waals surface area contributed by atoms with E-state index in [1.807, 2.05) is 24.3 Å². The summed E-state index contributed by atoms with van der Waals surface area (Å²) in [6.45, 7) is 0. The first-order chi connectivity index (χ1) is 7.79. The number of nitrogens with zero attached hydrogens (tertiary/aromatic N) is 2. The number of nitrogens with two attached hydrogens (primary N) is 1. The van der Waals surface area contributed by atoms with E-state index in [1.165, 1.54) is 11.8 Å². The quantitative estimate of drug-likeness (QED) is 0.880. The van der Waals surface area contributed by atoms with Gasteiger partial charge < -0.3 is 10.5 Å². The van der Waals surface area contributed by atoms with Crippen LogP contribution < -0.4 is 10.5 Å². The molecule has 0 aliphatic heterocycles. The molecule has 0 fully saturated rings. The third-order valence-electron chi connectivity index (χ3n) is 1.90. The van der Waals surface area contributed by atoms with Gasteiger partial charge in [-0.3, -0.25) is 0 Å². The van der Waals surface area contributed by atoms with Gasteiger partial charge in [0.25, 0.3) is 0 Å². The zero-order valence-electron chi connectivity index (χ0n) is 8.75. The smallest absolute Gasteiger partial charge is 0.237 e. The predicted octanol–water partition coefficient (Wildman–Crippen LogP) is 2.22. The molecule has 2 aromatic rings. The molecule has 0 radical (unpaired) electrons. The number of anilines is 1. The number of rotatable bonds is 3. The van der Waals surface area contributed by atoms with Crippen LogP contribution in [0.2, 0.25) is 0 Å². The van der Waals surface area contributed by atoms with Gasteiger partial charge in [-0.1, -0.05) is 6.07 Å². The topological polar surface area (TPSA) is 61.0 Å². The van der Waals surface area contributed by atoms with Crippen LogP contribution in [0.4, 0.5) is 5.69 Å². The molecule has 0 saturated carbocycles. The summed E-state index contributed by atoms with van der Waals surface area (Å²) in [6.07, 6.45) is 1.75. The summed E-state index contributed by atoms with van der Waals surface area (Å²) in [5.41, 5.74) is 6.22. The second-order valence-corrected chi connectivity index (χ2v) is 4.06. The molecule has 0 saturated heterocycles. The largest absolute Gasteiger partial charge is 0.480 e. The number of nitrogen functional groups attached to an aromatic ring is 1. The Balaban J connectivity index is 2.22. The van der Waals surface area contributed by atoms with E-state index in [-0.39, 0.29) is 0 Å². The molecular formula is C11H11N3OS. The van der Waals surface area contributed by atoms with Crippen LogP contribution >= 0.6 is 11.8 Å². The van der Waals surface area contributed by atoms with Gasteiger partial charge in [-0.05, 0) is 36.0 Å². The van der Waals surface area contributed by atoms with Crippen molar-refractivity contribution >= 4 is 17.4 Å². The maximum Gasteiger partial charge on any atom is 0.237 e. The third-order valence-corrected chi connectivity index (χ3v) is 2.79. The monoisotopic (exact) mass is 233 g/mol. The second kappa shape index (κ2) is 4.85. The van der Waals surface area contributed by atoms with Gasteiger partial charge >= 0.3 is 0 Å². The van der Waals surface area contributed by atoms with Crippen LogP contribution in [-0.4, -0.2) is 17.1 Å². The van der Waals surface area contributed by atoms with Crippen molar-refractivity contribution < 1.29 is 4.74 Å². The molecule has 0 aliphatic carbocycles. The molecule has 0 aliphatic rings. The zero-order valence-corrected chi connectivity index (χ0v) is 9.57. The molecule has 0 spiro atoms. The van der Waals surface area contributed by atoms with Crippen molar-refractivity contribution in [1.82, 2.24) is 9.97 Å². The van der Waals surface area contributed by atoms with Gasteiger partial charge in [0.15, 0.2) is 0 Å². The molecular weight excluding hydrogens is 222 g/mol. The van der Waals surface area contributed by atoms with Crippen molar-refractivity contribution in [2.45, 2.75) is 10.1 Å². The highest BCUT2D eigenvalue weighted by Gasteiger charge is 2.04. The van der Waals surface area contributed by atoms with Crippen LogP contribution in [0.15, 0.2) is 46.6 Å².